The maximum atomic E-state index is 12.9. The van der Waals surface area contributed by atoms with Crippen molar-refractivity contribution in [1.29, 1.82) is 0 Å². The minimum absolute atomic E-state index is 0.122. The van der Waals surface area contributed by atoms with Crippen molar-refractivity contribution in [2.24, 2.45) is 34.5 Å². The quantitative estimate of drug-likeness (QED) is 0.713. The van der Waals surface area contributed by atoms with Crippen LogP contribution in [-0.2, 0) is 9.63 Å². The molecular formula is C26H37N3O2. The van der Waals surface area contributed by atoms with Crippen molar-refractivity contribution in [3.05, 3.63) is 36.2 Å². The highest BCUT2D eigenvalue weighted by molar-refractivity contribution is 5.90. The number of anilines is 1. The lowest BCUT2D eigenvalue weighted by molar-refractivity contribution is -0.196. The number of carbonyl (C=O) groups excluding carboxylic acids is 1. The second-order valence-corrected chi connectivity index (χ2v) is 11.1. The van der Waals surface area contributed by atoms with Gasteiger partial charge in [-0.1, -0.05) is 13.8 Å². The largest absolute Gasteiger partial charge is 0.414 e. The van der Waals surface area contributed by atoms with E-state index in [0.29, 0.717) is 24.2 Å². The molecule has 0 bridgehead atoms. The molecule has 31 heavy (non-hydrogen) atoms. The van der Waals surface area contributed by atoms with E-state index >= 15 is 0 Å². The normalized spacial score (nSPS) is 41.6. The second-order valence-electron chi connectivity index (χ2n) is 11.1. The first-order chi connectivity index (χ1) is 14.8. The number of fused-ring (bicyclic) bond motifs is 5. The van der Waals surface area contributed by atoms with Crippen LogP contribution in [0.2, 0.25) is 0 Å². The fourth-order valence-electron chi connectivity index (χ4n) is 7.99. The van der Waals surface area contributed by atoms with Gasteiger partial charge in [0.05, 0.1) is 6.04 Å². The molecule has 1 aromatic rings. The molecule has 3 fully saturated rings. The molecule has 4 aliphatic rings. The maximum Gasteiger partial charge on any atom is 0.225 e. The number of hydroxylamine groups is 2. The van der Waals surface area contributed by atoms with E-state index in [0.717, 1.165) is 23.3 Å². The SMILES string of the molecule is Cc1ccnc(NC(=O)C[C@H]2CC[C@H]3[C@@H]4CC[C@H]5N(C)OC=C[C@]5(C)[C@H]4CC[C@]23C)c1. The number of hydrogen-bond donors (Lipinski definition) is 1. The van der Waals surface area contributed by atoms with Crippen molar-refractivity contribution in [3.8, 4) is 0 Å². The Morgan fingerprint density at radius 3 is 2.87 bits per heavy atom. The lowest BCUT2D eigenvalue weighted by atomic mass is 9.48. The third-order valence-electron chi connectivity index (χ3n) is 9.63. The predicted molar refractivity (Wildman–Crippen MR) is 122 cm³/mol. The fraction of sp³-hybridized carbons (Fsp3) is 0.692. The summed E-state index contributed by atoms with van der Waals surface area (Å²) in [6.45, 7) is 6.98. The topological polar surface area (TPSA) is 54.5 Å². The van der Waals surface area contributed by atoms with Crippen LogP contribution in [0, 0.1) is 41.4 Å². The number of aromatic nitrogens is 1. The second kappa shape index (κ2) is 7.61. The molecule has 0 spiro atoms. The Balaban J connectivity index is 1.30. The van der Waals surface area contributed by atoms with Gasteiger partial charge in [-0.3, -0.25) is 4.79 Å². The van der Waals surface area contributed by atoms with Crippen molar-refractivity contribution in [1.82, 2.24) is 10.0 Å². The molecule has 1 amide bonds. The van der Waals surface area contributed by atoms with Crippen molar-refractivity contribution >= 4 is 11.7 Å². The zero-order valence-corrected chi connectivity index (χ0v) is 19.4. The van der Waals surface area contributed by atoms with Gasteiger partial charge < -0.3 is 10.2 Å². The summed E-state index contributed by atoms with van der Waals surface area (Å²) >= 11 is 0. The molecule has 5 heteroatoms. The Morgan fingerprint density at radius 2 is 2.06 bits per heavy atom. The Hall–Kier alpha value is -1.88. The van der Waals surface area contributed by atoms with Crippen molar-refractivity contribution in [2.45, 2.75) is 71.8 Å². The summed E-state index contributed by atoms with van der Waals surface area (Å²) in [5.74, 6) is 3.49. The van der Waals surface area contributed by atoms with E-state index in [4.69, 9.17) is 4.84 Å². The first-order valence-corrected chi connectivity index (χ1v) is 12.1. The van der Waals surface area contributed by atoms with Crippen LogP contribution >= 0.6 is 0 Å². The highest BCUT2D eigenvalue weighted by atomic mass is 16.7. The summed E-state index contributed by atoms with van der Waals surface area (Å²) in [5, 5.41) is 5.14. The van der Waals surface area contributed by atoms with Crippen LogP contribution in [0.15, 0.2) is 30.7 Å². The van der Waals surface area contributed by atoms with E-state index in [2.05, 4.69) is 42.3 Å². The maximum absolute atomic E-state index is 12.9. The van der Waals surface area contributed by atoms with E-state index in [9.17, 15) is 4.79 Å². The van der Waals surface area contributed by atoms with Gasteiger partial charge in [-0.15, -0.1) is 5.06 Å². The smallest absolute Gasteiger partial charge is 0.225 e. The molecular weight excluding hydrogens is 386 g/mol. The summed E-state index contributed by atoms with van der Waals surface area (Å²) in [4.78, 5) is 22.9. The van der Waals surface area contributed by atoms with Crippen LogP contribution in [0.1, 0.15) is 64.4 Å². The number of rotatable bonds is 3. The third kappa shape index (κ3) is 3.40. The van der Waals surface area contributed by atoms with Gasteiger partial charge in [0.2, 0.25) is 5.91 Å². The summed E-state index contributed by atoms with van der Waals surface area (Å²) in [5.41, 5.74) is 1.60. The summed E-state index contributed by atoms with van der Waals surface area (Å²) < 4.78 is 0. The molecule has 3 saturated carbocycles. The number of nitrogens with zero attached hydrogens (tertiary/aromatic N) is 2. The standard InChI is InChI=1S/C26H37N3O2/c1-17-10-13-27-23(15-17)28-24(30)16-18-5-7-20-19-6-8-22-26(3,12-14-31-29(22)4)21(19)9-11-25(18,20)2/h10,12-15,18-22H,5-9,11,16H2,1-4H3,(H,27,28,30)/t18-,19+,20+,21+,22-,25-,26-/m1/s1. The van der Waals surface area contributed by atoms with Crippen LogP contribution < -0.4 is 5.32 Å². The van der Waals surface area contributed by atoms with E-state index in [1.165, 1.54) is 38.5 Å². The first-order valence-electron chi connectivity index (χ1n) is 12.1. The molecule has 1 N–H and O–H groups in total. The molecule has 0 aromatic carbocycles. The average molecular weight is 424 g/mol. The molecule has 5 nitrogen and oxygen atoms in total. The van der Waals surface area contributed by atoms with Gasteiger partial charge in [0.15, 0.2) is 0 Å². The molecule has 3 aliphatic carbocycles. The molecule has 7 atom stereocenters. The number of amides is 1. The van der Waals surface area contributed by atoms with Gasteiger partial charge in [-0.05, 0) is 98.3 Å². The van der Waals surface area contributed by atoms with Crippen molar-refractivity contribution < 1.29 is 9.63 Å². The fourth-order valence-corrected chi connectivity index (χ4v) is 7.99. The van der Waals surface area contributed by atoms with E-state index in [1.807, 2.05) is 25.3 Å². The number of nitrogens with one attached hydrogen (secondary N) is 1. The van der Waals surface area contributed by atoms with Gasteiger partial charge in [0.1, 0.15) is 12.1 Å². The molecule has 0 radical (unpaired) electrons. The zero-order valence-electron chi connectivity index (χ0n) is 19.4. The van der Waals surface area contributed by atoms with Crippen LogP contribution in [0.5, 0.6) is 0 Å². The zero-order chi connectivity index (χ0) is 21.8. The van der Waals surface area contributed by atoms with E-state index in [-0.39, 0.29) is 16.7 Å². The number of hydrogen-bond acceptors (Lipinski definition) is 4. The summed E-state index contributed by atoms with van der Waals surface area (Å²) in [7, 11) is 2.09. The third-order valence-corrected chi connectivity index (χ3v) is 9.63. The molecule has 0 saturated heterocycles. The monoisotopic (exact) mass is 423 g/mol. The summed E-state index contributed by atoms with van der Waals surface area (Å²) in [6, 6.07) is 4.38. The Morgan fingerprint density at radius 1 is 1.23 bits per heavy atom. The lowest BCUT2D eigenvalue weighted by Crippen LogP contribution is -2.58. The Bertz CT molecular complexity index is 885. The predicted octanol–water partition coefficient (Wildman–Crippen LogP) is 5.34. The molecule has 1 aliphatic heterocycles. The molecule has 2 heterocycles. The van der Waals surface area contributed by atoms with Crippen LogP contribution in [0.25, 0.3) is 0 Å². The highest BCUT2D eigenvalue weighted by Crippen LogP contribution is 2.65. The Labute approximate surface area is 186 Å². The summed E-state index contributed by atoms with van der Waals surface area (Å²) in [6.07, 6.45) is 14.1. The van der Waals surface area contributed by atoms with E-state index < -0.39 is 0 Å². The molecule has 5 rings (SSSR count). The number of carbonyl (C=O) groups is 1. The van der Waals surface area contributed by atoms with Crippen LogP contribution in [0.4, 0.5) is 5.82 Å². The van der Waals surface area contributed by atoms with Crippen LogP contribution in [0.3, 0.4) is 0 Å². The van der Waals surface area contributed by atoms with Gasteiger partial charge in [-0.2, -0.15) is 0 Å². The lowest BCUT2D eigenvalue weighted by Gasteiger charge is -2.59. The van der Waals surface area contributed by atoms with Crippen molar-refractivity contribution in [3.63, 3.8) is 0 Å². The average Bonchev–Trinajstić information content (AvgIpc) is 3.04. The minimum atomic E-state index is 0.122. The van der Waals surface area contributed by atoms with Gasteiger partial charge in [-0.25, -0.2) is 4.98 Å². The van der Waals surface area contributed by atoms with Gasteiger partial charge >= 0.3 is 0 Å². The molecule has 0 unspecified atom stereocenters. The highest BCUT2D eigenvalue weighted by Gasteiger charge is 2.60. The number of pyridine rings is 1. The van der Waals surface area contributed by atoms with Crippen LogP contribution in [-0.4, -0.2) is 29.0 Å². The minimum Gasteiger partial charge on any atom is -0.414 e. The molecule has 168 valence electrons. The molecule has 1 aromatic heterocycles. The van der Waals surface area contributed by atoms with E-state index in [1.54, 1.807) is 6.20 Å². The number of aryl methyl sites for hydroxylation is 1. The van der Waals surface area contributed by atoms with Crippen molar-refractivity contribution in [2.75, 3.05) is 12.4 Å². The first kappa shape index (κ1) is 21.0. The van der Waals surface area contributed by atoms with Gasteiger partial charge in [0.25, 0.3) is 0 Å². The Kier molecular flexibility index (Phi) is 5.16. The van der Waals surface area contributed by atoms with Gasteiger partial charge in [0, 0.05) is 25.1 Å².